The van der Waals surface area contributed by atoms with Crippen LogP contribution in [0.2, 0.25) is 0 Å². The molecule has 0 saturated heterocycles. The quantitative estimate of drug-likeness (QED) is 0.663. The van der Waals surface area contributed by atoms with Crippen LogP contribution in [0.5, 0.6) is 0 Å². The van der Waals surface area contributed by atoms with Crippen LogP contribution < -0.4 is 4.90 Å². The van der Waals surface area contributed by atoms with Gasteiger partial charge in [-0.15, -0.1) is 0 Å². The topological polar surface area (TPSA) is 59.2 Å². The number of carbonyl (C=O) groups excluding carboxylic acids is 1. The highest BCUT2D eigenvalue weighted by molar-refractivity contribution is 7.08. The van der Waals surface area contributed by atoms with Gasteiger partial charge < -0.3 is 9.42 Å². The van der Waals surface area contributed by atoms with E-state index in [1.807, 2.05) is 16.8 Å². The molecule has 0 fully saturated rings. The van der Waals surface area contributed by atoms with Crippen LogP contribution in [0.15, 0.2) is 39.5 Å². The summed E-state index contributed by atoms with van der Waals surface area (Å²) in [5.74, 6) is -1.32. The van der Waals surface area contributed by atoms with Gasteiger partial charge in [0.15, 0.2) is 11.6 Å². The van der Waals surface area contributed by atoms with Crippen LogP contribution in [0.1, 0.15) is 19.2 Å². The smallest absolute Gasteiger partial charge is 0.227 e. The Morgan fingerprint density at radius 3 is 2.80 bits per heavy atom. The molecule has 0 unspecified atom stereocenters. The van der Waals surface area contributed by atoms with Gasteiger partial charge in [0.2, 0.25) is 17.6 Å². The van der Waals surface area contributed by atoms with Gasteiger partial charge in [0, 0.05) is 42.1 Å². The number of anilines is 1. The highest BCUT2D eigenvalue weighted by Crippen LogP contribution is 2.21. The number of carbonyl (C=O) groups is 1. The third kappa shape index (κ3) is 3.90. The van der Waals surface area contributed by atoms with Crippen molar-refractivity contribution < 1.29 is 18.1 Å². The van der Waals surface area contributed by atoms with Crippen molar-refractivity contribution in [2.24, 2.45) is 0 Å². The minimum absolute atomic E-state index is 0.123. The molecule has 0 radical (unpaired) electrons. The molecule has 1 aromatic carbocycles. The Kier molecular flexibility index (Phi) is 5.18. The van der Waals surface area contributed by atoms with Crippen LogP contribution in [-0.4, -0.2) is 22.6 Å². The number of thiophene rings is 1. The van der Waals surface area contributed by atoms with Crippen molar-refractivity contribution in [3.8, 4) is 11.4 Å². The van der Waals surface area contributed by atoms with E-state index in [1.54, 1.807) is 6.92 Å². The van der Waals surface area contributed by atoms with Gasteiger partial charge in [-0.1, -0.05) is 5.16 Å². The number of amides is 1. The van der Waals surface area contributed by atoms with Crippen molar-refractivity contribution in [1.29, 1.82) is 0 Å². The number of aromatic nitrogens is 2. The molecule has 0 aliphatic carbocycles. The summed E-state index contributed by atoms with van der Waals surface area (Å²) in [6.45, 7) is 2.11. The second-order valence-corrected chi connectivity index (χ2v) is 6.04. The number of benzene rings is 1. The maximum absolute atomic E-state index is 13.4. The van der Waals surface area contributed by atoms with Gasteiger partial charge >= 0.3 is 0 Å². The second kappa shape index (κ2) is 7.52. The summed E-state index contributed by atoms with van der Waals surface area (Å²) in [4.78, 5) is 18.0. The van der Waals surface area contributed by atoms with Gasteiger partial charge in [-0.05, 0) is 30.5 Å². The summed E-state index contributed by atoms with van der Waals surface area (Å²) in [6, 6.07) is 5.28. The van der Waals surface area contributed by atoms with Gasteiger partial charge in [-0.25, -0.2) is 8.78 Å². The van der Waals surface area contributed by atoms with E-state index in [2.05, 4.69) is 10.1 Å². The number of halogens is 2. The molecule has 0 saturated carbocycles. The van der Waals surface area contributed by atoms with Crippen LogP contribution in [0.4, 0.5) is 14.5 Å². The van der Waals surface area contributed by atoms with Gasteiger partial charge in [0.05, 0.1) is 0 Å². The number of rotatable bonds is 6. The first kappa shape index (κ1) is 17.2. The molecular formula is C17H15F2N3O2S. The molecule has 0 bridgehead atoms. The van der Waals surface area contributed by atoms with Crippen LogP contribution in [-0.2, 0) is 11.2 Å². The molecular weight excluding hydrogens is 348 g/mol. The summed E-state index contributed by atoms with van der Waals surface area (Å²) in [5.41, 5.74) is 1.18. The lowest BCUT2D eigenvalue weighted by Crippen LogP contribution is -2.30. The number of aryl methyl sites for hydroxylation is 1. The highest BCUT2D eigenvalue weighted by atomic mass is 32.1. The fourth-order valence-electron chi connectivity index (χ4n) is 2.37. The molecule has 2 heterocycles. The van der Waals surface area contributed by atoms with Crippen molar-refractivity contribution in [2.45, 2.75) is 19.8 Å². The Labute approximate surface area is 146 Å². The average molecular weight is 363 g/mol. The zero-order valence-corrected chi connectivity index (χ0v) is 14.2. The number of nitrogens with zero attached hydrogens (tertiary/aromatic N) is 3. The van der Waals surface area contributed by atoms with Crippen molar-refractivity contribution in [3.63, 3.8) is 0 Å². The molecule has 3 aromatic rings. The maximum atomic E-state index is 13.4. The SMILES string of the molecule is CCN(C(=O)CCc1nc(-c2ccsc2)no1)c1ccc(F)c(F)c1. The molecule has 0 aliphatic rings. The summed E-state index contributed by atoms with van der Waals surface area (Å²) in [6.07, 6.45) is 0.397. The largest absolute Gasteiger partial charge is 0.339 e. The van der Waals surface area contributed by atoms with Crippen molar-refractivity contribution >= 4 is 22.9 Å². The number of hydrogen-bond donors (Lipinski definition) is 0. The highest BCUT2D eigenvalue weighted by Gasteiger charge is 2.17. The summed E-state index contributed by atoms with van der Waals surface area (Å²) >= 11 is 1.53. The van der Waals surface area contributed by atoms with E-state index in [4.69, 9.17) is 4.52 Å². The van der Waals surface area contributed by atoms with E-state index in [9.17, 15) is 13.6 Å². The third-order valence-electron chi connectivity index (χ3n) is 3.63. The molecule has 2 aromatic heterocycles. The Hall–Kier alpha value is -2.61. The molecule has 0 N–H and O–H groups in total. The molecule has 130 valence electrons. The molecule has 25 heavy (non-hydrogen) atoms. The van der Waals surface area contributed by atoms with Crippen LogP contribution in [0.3, 0.4) is 0 Å². The van der Waals surface area contributed by atoms with Gasteiger partial charge in [-0.2, -0.15) is 16.3 Å². The number of hydrogen-bond acceptors (Lipinski definition) is 5. The first-order chi connectivity index (χ1) is 12.1. The lowest BCUT2D eigenvalue weighted by Gasteiger charge is -2.20. The third-order valence-corrected chi connectivity index (χ3v) is 4.32. The molecule has 0 spiro atoms. The summed E-state index contributed by atoms with van der Waals surface area (Å²) < 4.78 is 31.6. The predicted octanol–water partition coefficient (Wildman–Crippen LogP) is 4.06. The Morgan fingerprint density at radius 1 is 1.28 bits per heavy atom. The second-order valence-electron chi connectivity index (χ2n) is 5.26. The van der Waals surface area contributed by atoms with E-state index in [-0.39, 0.29) is 18.7 Å². The fourth-order valence-corrected chi connectivity index (χ4v) is 3.00. The zero-order chi connectivity index (χ0) is 17.8. The standard InChI is InChI=1S/C17H15F2N3O2S/c1-2-22(12-3-4-13(18)14(19)9-12)16(23)6-5-15-20-17(21-24-15)11-7-8-25-10-11/h3-4,7-10H,2,5-6H2,1H3. The van der Waals surface area contributed by atoms with Crippen LogP contribution in [0, 0.1) is 11.6 Å². The van der Waals surface area contributed by atoms with Crippen LogP contribution >= 0.6 is 11.3 Å². The van der Waals surface area contributed by atoms with E-state index in [1.165, 1.54) is 22.3 Å². The molecule has 0 atom stereocenters. The van der Waals surface area contributed by atoms with Gasteiger partial charge in [-0.3, -0.25) is 4.79 Å². The summed E-state index contributed by atoms with van der Waals surface area (Å²) in [7, 11) is 0. The Morgan fingerprint density at radius 2 is 2.12 bits per heavy atom. The van der Waals surface area contributed by atoms with Gasteiger partial charge in [0.25, 0.3) is 0 Å². The average Bonchev–Trinajstić information content (AvgIpc) is 3.27. The Balaban J connectivity index is 1.65. The lowest BCUT2D eigenvalue weighted by molar-refractivity contribution is -0.118. The summed E-state index contributed by atoms with van der Waals surface area (Å²) in [5, 5.41) is 7.70. The van der Waals surface area contributed by atoms with E-state index >= 15 is 0 Å². The zero-order valence-electron chi connectivity index (χ0n) is 13.4. The lowest BCUT2D eigenvalue weighted by atomic mass is 10.2. The monoisotopic (exact) mass is 363 g/mol. The Bertz CT molecular complexity index is 865. The molecule has 1 amide bonds. The van der Waals surface area contributed by atoms with Gasteiger partial charge in [0.1, 0.15) is 0 Å². The van der Waals surface area contributed by atoms with Crippen molar-refractivity contribution in [1.82, 2.24) is 10.1 Å². The van der Waals surface area contributed by atoms with Crippen molar-refractivity contribution in [2.75, 3.05) is 11.4 Å². The first-order valence-electron chi connectivity index (χ1n) is 7.69. The maximum Gasteiger partial charge on any atom is 0.227 e. The van der Waals surface area contributed by atoms with Crippen molar-refractivity contribution in [3.05, 3.63) is 52.6 Å². The minimum Gasteiger partial charge on any atom is -0.339 e. The van der Waals surface area contributed by atoms with Crippen LogP contribution in [0.25, 0.3) is 11.4 Å². The normalized spacial score (nSPS) is 10.8. The fraction of sp³-hybridized carbons (Fsp3) is 0.235. The first-order valence-corrected chi connectivity index (χ1v) is 8.63. The van der Waals surface area contributed by atoms with E-state index in [0.717, 1.165) is 17.7 Å². The van der Waals surface area contributed by atoms with E-state index in [0.29, 0.717) is 23.9 Å². The molecule has 3 rings (SSSR count). The molecule has 8 heteroatoms. The van der Waals surface area contributed by atoms with E-state index < -0.39 is 11.6 Å². The molecule has 0 aliphatic heterocycles. The minimum atomic E-state index is -0.985. The predicted molar refractivity (Wildman–Crippen MR) is 90.3 cm³/mol. The molecule has 5 nitrogen and oxygen atoms in total.